The van der Waals surface area contributed by atoms with Crippen molar-refractivity contribution in [3.05, 3.63) is 53.7 Å². The van der Waals surface area contributed by atoms with Gasteiger partial charge in [0, 0.05) is 32.7 Å². The molecule has 0 unspecified atom stereocenters. The van der Waals surface area contributed by atoms with Crippen LogP contribution in [0.25, 0.3) is 0 Å². The van der Waals surface area contributed by atoms with E-state index in [0.717, 1.165) is 32.0 Å². The predicted octanol–water partition coefficient (Wildman–Crippen LogP) is 1.34. The number of benzene rings is 1. The van der Waals surface area contributed by atoms with Crippen LogP contribution in [0.4, 0.5) is 10.2 Å². The van der Waals surface area contributed by atoms with Gasteiger partial charge in [0.2, 0.25) is 0 Å². The van der Waals surface area contributed by atoms with E-state index >= 15 is 0 Å². The lowest BCUT2D eigenvalue weighted by atomic mass is 10.1. The van der Waals surface area contributed by atoms with Gasteiger partial charge in [-0.1, -0.05) is 18.2 Å². The van der Waals surface area contributed by atoms with E-state index in [1.807, 2.05) is 0 Å². The van der Waals surface area contributed by atoms with Crippen LogP contribution < -0.4 is 10.2 Å². The topological polar surface area (TPSA) is 61.4 Å². The van der Waals surface area contributed by atoms with Gasteiger partial charge in [-0.15, -0.1) is 0 Å². The maximum atomic E-state index is 13.5. The molecule has 0 aliphatic carbocycles. The van der Waals surface area contributed by atoms with Crippen LogP contribution in [0.15, 0.2) is 36.7 Å². The first-order valence-corrected chi connectivity index (χ1v) is 8.40. The van der Waals surface area contributed by atoms with Crippen LogP contribution in [0.2, 0.25) is 0 Å². The number of carbonyl (C=O) groups is 1. The molecule has 1 N–H and O–H groups in total. The smallest absolute Gasteiger partial charge is 0.271 e. The van der Waals surface area contributed by atoms with Gasteiger partial charge in [0.05, 0.1) is 12.4 Å². The lowest BCUT2D eigenvalue weighted by Crippen LogP contribution is -2.44. The van der Waals surface area contributed by atoms with Crippen LogP contribution in [0.5, 0.6) is 0 Å². The van der Waals surface area contributed by atoms with Crippen molar-refractivity contribution in [1.82, 2.24) is 20.2 Å². The van der Waals surface area contributed by atoms with Crippen molar-refractivity contribution in [2.45, 2.75) is 6.42 Å². The molecule has 0 radical (unpaired) electrons. The van der Waals surface area contributed by atoms with E-state index in [0.29, 0.717) is 18.5 Å². The van der Waals surface area contributed by atoms with Gasteiger partial charge in [0.1, 0.15) is 17.3 Å². The number of hydrogen-bond acceptors (Lipinski definition) is 5. The van der Waals surface area contributed by atoms with Crippen molar-refractivity contribution in [2.24, 2.45) is 0 Å². The molecule has 2 heterocycles. The Morgan fingerprint density at radius 2 is 1.92 bits per heavy atom. The lowest BCUT2D eigenvalue weighted by Gasteiger charge is -2.32. The quantitative estimate of drug-likeness (QED) is 0.888. The highest BCUT2D eigenvalue weighted by molar-refractivity contribution is 5.92. The summed E-state index contributed by atoms with van der Waals surface area (Å²) in [4.78, 5) is 25.1. The second-order valence-corrected chi connectivity index (χ2v) is 6.15. The van der Waals surface area contributed by atoms with E-state index in [-0.39, 0.29) is 17.4 Å². The summed E-state index contributed by atoms with van der Waals surface area (Å²) in [5, 5.41) is 2.75. The first-order valence-electron chi connectivity index (χ1n) is 8.40. The van der Waals surface area contributed by atoms with Gasteiger partial charge in [-0.2, -0.15) is 0 Å². The van der Waals surface area contributed by atoms with E-state index in [9.17, 15) is 9.18 Å². The highest BCUT2D eigenvalue weighted by Crippen LogP contribution is 2.11. The molecule has 1 aliphatic heterocycles. The number of carbonyl (C=O) groups excluding carboxylic acids is 1. The molecule has 25 heavy (non-hydrogen) atoms. The molecule has 0 bridgehead atoms. The van der Waals surface area contributed by atoms with Gasteiger partial charge in [-0.25, -0.2) is 14.4 Å². The molecular weight excluding hydrogens is 321 g/mol. The number of amides is 1. The zero-order valence-corrected chi connectivity index (χ0v) is 14.3. The highest BCUT2D eigenvalue weighted by atomic mass is 19.1. The minimum absolute atomic E-state index is 0.256. The first kappa shape index (κ1) is 17.3. The molecule has 1 aromatic carbocycles. The fourth-order valence-electron chi connectivity index (χ4n) is 2.74. The number of halogens is 1. The van der Waals surface area contributed by atoms with E-state index < -0.39 is 0 Å². The van der Waals surface area contributed by atoms with E-state index in [1.165, 1.54) is 12.3 Å². The van der Waals surface area contributed by atoms with Crippen molar-refractivity contribution >= 4 is 11.7 Å². The van der Waals surface area contributed by atoms with Crippen molar-refractivity contribution < 1.29 is 9.18 Å². The monoisotopic (exact) mass is 343 g/mol. The molecule has 1 amide bonds. The Hall–Kier alpha value is -2.54. The summed E-state index contributed by atoms with van der Waals surface area (Å²) < 4.78 is 13.5. The Bertz CT molecular complexity index is 714. The lowest BCUT2D eigenvalue weighted by molar-refractivity contribution is 0.0948. The van der Waals surface area contributed by atoms with Crippen LogP contribution in [0, 0.1) is 5.82 Å². The first-order chi connectivity index (χ1) is 12.1. The Morgan fingerprint density at radius 3 is 2.60 bits per heavy atom. The molecule has 0 atom stereocenters. The summed E-state index contributed by atoms with van der Waals surface area (Å²) in [6, 6.07) is 6.56. The van der Waals surface area contributed by atoms with Crippen molar-refractivity contribution in [2.75, 3.05) is 44.7 Å². The molecule has 1 aliphatic rings. The van der Waals surface area contributed by atoms with Gasteiger partial charge in [-0.3, -0.25) is 4.79 Å². The summed E-state index contributed by atoms with van der Waals surface area (Å²) in [6.45, 7) is 4.13. The average Bonchev–Trinajstić information content (AvgIpc) is 2.64. The SMILES string of the molecule is CN1CCN(c2cnc(C(=O)NCCc3ccccc3F)cn2)CC1. The van der Waals surface area contributed by atoms with E-state index in [1.54, 1.807) is 24.4 Å². The number of nitrogens with one attached hydrogen (secondary N) is 1. The Morgan fingerprint density at radius 1 is 1.16 bits per heavy atom. The molecule has 1 aromatic heterocycles. The summed E-state index contributed by atoms with van der Waals surface area (Å²) in [6.07, 6.45) is 3.56. The molecular formula is C18H22FN5O. The van der Waals surface area contributed by atoms with E-state index in [4.69, 9.17) is 0 Å². The summed E-state index contributed by atoms with van der Waals surface area (Å²) in [7, 11) is 2.10. The zero-order chi connectivity index (χ0) is 17.6. The van der Waals surface area contributed by atoms with Crippen LogP contribution in [-0.2, 0) is 6.42 Å². The second-order valence-electron chi connectivity index (χ2n) is 6.15. The van der Waals surface area contributed by atoms with Gasteiger partial charge in [-0.05, 0) is 25.1 Å². The summed E-state index contributed by atoms with van der Waals surface area (Å²) in [5.74, 6) is 0.234. The second kappa shape index (κ2) is 8.02. The molecule has 0 saturated carbocycles. The van der Waals surface area contributed by atoms with E-state index in [2.05, 4.69) is 32.1 Å². The van der Waals surface area contributed by atoms with Crippen LogP contribution in [-0.4, -0.2) is 60.5 Å². The number of piperazine rings is 1. The molecule has 1 saturated heterocycles. The Balaban J connectivity index is 1.51. The normalized spacial score (nSPS) is 15.2. The maximum Gasteiger partial charge on any atom is 0.271 e. The third-order valence-corrected chi connectivity index (χ3v) is 4.34. The van der Waals surface area contributed by atoms with Crippen LogP contribution in [0.1, 0.15) is 16.1 Å². The third kappa shape index (κ3) is 4.51. The number of anilines is 1. The largest absolute Gasteiger partial charge is 0.353 e. The Kier molecular flexibility index (Phi) is 5.55. The predicted molar refractivity (Wildman–Crippen MR) is 94.2 cm³/mol. The fourth-order valence-corrected chi connectivity index (χ4v) is 2.74. The molecule has 3 rings (SSSR count). The molecule has 2 aromatic rings. The summed E-state index contributed by atoms with van der Waals surface area (Å²) >= 11 is 0. The molecule has 6 nitrogen and oxygen atoms in total. The van der Waals surface area contributed by atoms with Crippen molar-refractivity contribution in [3.63, 3.8) is 0 Å². The zero-order valence-electron chi connectivity index (χ0n) is 14.3. The van der Waals surface area contributed by atoms with Crippen LogP contribution >= 0.6 is 0 Å². The number of aromatic nitrogens is 2. The van der Waals surface area contributed by atoms with Crippen LogP contribution in [0.3, 0.4) is 0 Å². The third-order valence-electron chi connectivity index (χ3n) is 4.34. The Labute approximate surface area is 146 Å². The molecule has 0 spiro atoms. The van der Waals surface area contributed by atoms with Crippen molar-refractivity contribution in [1.29, 1.82) is 0 Å². The average molecular weight is 343 g/mol. The van der Waals surface area contributed by atoms with Crippen molar-refractivity contribution in [3.8, 4) is 0 Å². The number of likely N-dealkylation sites (N-methyl/N-ethyl adjacent to an activating group) is 1. The van der Waals surface area contributed by atoms with Gasteiger partial charge in [0.25, 0.3) is 5.91 Å². The maximum absolute atomic E-state index is 13.5. The van der Waals surface area contributed by atoms with Gasteiger partial charge < -0.3 is 15.1 Å². The molecule has 1 fully saturated rings. The number of rotatable bonds is 5. The number of nitrogens with zero attached hydrogens (tertiary/aromatic N) is 4. The minimum Gasteiger partial charge on any atom is -0.353 e. The van der Waals surface area contributed by atoms with Gasteiger partial charge >= 0.3 is 0 Å². The fraction of sp³-hybridized carbons (Fsp3) is 0.389. The number of hydrogen-bond donors (Lipinski definition) is 1. The standard InChI is InChI=1S/C18H22FN5O/c1-23-8-10-24(11-9-23)17-13-21-16(12-22-17)18(25)20-7-6-14-4-2-3-5-15(14)19/h2-5,12-13H,6-11H2,1H3,(H,20,25). The minimum atomic E-state index is -0.297. The highest BCUT2D eigenvalue weighted by Gasteiger charge is 2.16. The molecule has 7 heteroatoms. The van der Waals surface area contributed by atoms with Gasteiger partial charge in [0.15, 0.2) is 0 Å². The summed E-state index contributed by atoms with van der Waals surface area (Å²) in [5.41, 5.74) is 0.853. The molecule has 132 valence electrons.